The molecule has 0 aliphatic rings. The minimum atomic E-state index is 0.587. The van der Waals surface area contributed by atoms with Gasteiger partial charge in [-0.1, -0.05) is 32.0 Å². The summed E-state index contributed by atoms with van der Waals surface area (Å²) < 4.78 is 2.09. The summed E-state index contributed by atoms with van der Waals surface area (Å²) in [5.41, 5.74) is 5.51. The van der Waals surface area contributed by atoms with E-state index in [-0.39, 0.29) is 0 Å². The van der Waals surface area contributed by atoms with Gasteiger partial charge in [0, 0.05) is 19.4 Å². The van der Waals surface area contributed by atoms with Gasteiger partial charge in [0.25, 0.3) is 0 Å². The first-order chi connectivity index (χ1) is 7.59. The van der Waals surface area contributed by atoms with Crippen LogP contribution in [0.15, 0.2) is 36.7 Å². The van der Waals surface area contributed by atoms with Crippen molar-refractivity contribution in [3.8, 4) is 11.1 Å². The molecule has 1 aromatic carbocycles. The van der Waals surface area contributed by atoms with Gasteiger partial charge in [0.2, 0.25) is 0 Å². The monoisotopic (exact) mass is 213 g/mol. The van der Waals surface area contributed by atoms with Gasteiger partial charge < -0.3 is 4.57 Å². The summed E-state index contributed by atoms with van der Waals surface area (Å²) in [5.74, 6) is 0.587. The van der Waals surface area contributed by atoms with Gasteiger partial charge >= 0.3 is 0 Å². The first-order valence-corrected chi connectivity index (χ1v) is 5.81. The standard InChI is InChI=1S/C15H19N/c1-11(2)14-6-5-7-15(12(14)3)13-8-9-16(4)10-13/h5-11H,1-4H3. The molecule has 0 saturated heterocycles. The molecule has 0 saturated carbocycles. The van der Waals surface area contributed by atoms with Crippen LogP contribution in [0.3, 0.4) is 0 Å². The fourth-order valence-electron chi connectivity index (χ4n) is 2.25. The zero-order valence-electron chi connectivity index (χ0n) is 10.5. The number of benzene rings is 1. The summed E-state index contributed by atoms with van der Waals surface area (Å²) in [5, 5.41) is 0. The molecule has 0 amide bonds. The average Bonchev–Trinajstić information content (AvgIpc) is 2.64. The minimum absolute atomic E-state index is 0.587. The van der Waals surface area contributed by atoms with Crippen LogP contribution in [-0.2, 0) is 7.05 Å². The Labute approximate surface area is 97.7 Å². The van der Waals surface area contributed by atoms with Crippen LogP contribution < -0.4 is 0 Å². The molecule has 84 valence electrons. The third-order valence-corrected chi connectivity index (χ3v) is 3.14. The van der Waals surface area contributed by atoms with E-state index in [0.29, 0.717) is 5.92 Å². The van der Waals surface area contributed by atoms with Crippen LogP contribution in [0, 0.1) is 6.92 Å². The van der Waals surface area contributed by atoms with Gasteiger partial charge in [-0.25, -0.2) is 0 Å². The summed E-state index contributed by atoms with van der Waals surface area (Å²) in [6.45, 7) is 6.71. The molecule has 1 heteroatoms. The summed E-state index contributed by atoms with van der Waals surface area (Å²) in [6.07, 6.45) is 4.27. The van der Waals surface area contributed by atoms with Gasteiger partial charge in [0.1, 0.15) is 0 Å². The molecular weight excluding hydrogens is 194 g/mol. The van der Waals surface area contributed by atoms with Crippen molar-refractivity contribution in [3.63, 3.8) is 0 Å². The Bertz CT molecular complexity index is 492. The van der Waals surface area contributed by atoms with Crippen LogP contribution in [0.1, 0.15) is 30.9 Å². The summed E-state index contributed by atoms with van der Waals surface area (Å²) in [4.78, 5) is 0. The zero-order chi connectivity index (χ0) is 11.7. The molecule has 0 spiro atoms. The molecule has 1 heterocycles. The van der Waals surface area contributed by atoms with Crippen LogP contribution in [0.2, 0.25) is 0 Å². The normalized spacial score (nSPS) is 11.1. The molecule has 0 radical (unpaired) electrons. The smallest absolute Gasteiger partial charge is 0.0110 e. The second kappa shape index (κ2) is 4.17. The summed E-state index contributed by atoms with van der Waals surface area (Å²) >= 11 is 0. The van der Waals surface area contributed by atoms with Crippen molar-refractivity contribution in [2.45, 2.75) is 26.7 Å². The second-order valence-corrected chi connectivity index (χ2v) is 4.74. The molecular formula is C15H19N. The van der Waals surface area contributed by atoms with Crippen LogP contribution in [-0.4, -0.2) is 4.57 Å². The third-order valence-electron chi connectivity index (χ3n) is 3.14. The molecule has 0 fully saturated rings. The Hall–Kier alpha value is -1.50. The van der Waals surface area contributed by atoms with E-state index in [4.69, 9.17) is 0 Å². The first kappa shape index (κ1) is 11.0. The molecule has 0 aliphatic heterocycles. The molecule has 0 N–H and O–H groups in total. The quantitative estimate of drug-likeness (QED) is 0.707. The van der Waals surface area contributed by atoms with Gasteiger partial charge in [-0.05, 0) is 41.2 Å². The fraction of sp³-hybridized carbons (Fsp3) is 0.333. The summed E-state index contributed by atoms with van der Waals surface area (Å²) in [6, 6.07) is 8.76. The van der Waals surface area contributed by atoms with Crippen LogP contribution in [0.25, 0.3) is 11.1 Å². The van der Waals surface area contributed by atoms with Gasteiger partial charge in [0.15, 0.2) is 0 Å². The van der Waals surface area contributed by atoms with Crippen molar-refractivity contribution in [2.75, 3.05) is 0 Å². The molecule has 1 aromatic heterocycles. The van der Waals surface area contributed by atoms with E-state index in [9.17, 15) is 0 Å². The first-order valence-electron chi connectivity index (χ1n) is 5.81. The molecule has 2 aromatic rings. The number of aryl methyl sites for hydroxylation is 1. The fourth-order valence-corrected chi connectivity index (χ4v) is 2.25. The largest absolute Gasteiger partial charge is 0.357 e. The third kappa shape index (κ3) is 1.90. The van der Waals surface area contributed by atoms with Crippen molar-refractivity contribution < 1.29 is 0 Å². The topological polar surface area (TPSA) is 4.93 Å². The molecule has 0 aliphatic carbocycles. The number of nitrogens with zero attached hydrogens (tertiary/aromatic N) is 1. The average molecular weight is 213 g/mol. The predicted molar refractivity (Wildman–Crippen MR) is 69.7 cm³/mol. The lowest BCUT2D eigenvalue weighted by atomic mass is 9.92. The lowest BCUT2D eigenvalue weighted by Crippen LogP contribution is -1.93. The van der Waals surface area contributed by atoms with E-state index in [2.05, 4.69) is 69.0 Å². The van der Waals surface area contributed by atoms with Gasteiger partial charge in [0.05, 0.1) is 0 Å². The second-order valence-electron chi connectivity index (χ2n) is 4.74. The lowest BCUT2D eigenvalue weighted by molar-refractivity contribution is 0.857. The number of hydrogen-bond acceptors (Lipinski definition) is 0. The SMILES string of the molecule is Cc1c(-c2ccn(C)c2)cccc1C(C)C. The lowest BCUT2D eigenvalue weighted by Gasteiger charge is -2.13. The number of rotatable bonds is 2. The highest BCUT2D eigenvalue weighted by atomic mass is 14.9. The van der Waals surface area contributed by atoms with E-state index in [1.807, 2.05) is 0 Å². The van der Waals surface area contributed by atoms with Crippen LogP contribution in [0.5, 0.6) is 0 Å². The highest BCUT2D eigenvalue weighted by Crippen LogP contribution is 2.29. The Morgan fingerprint density at radius 1 is 1.12 bits per heavy atom. The number of aromatic nitrogens is 1. The molecule has 0 unspecified atom stereocenters. The Kier molecular flexibility index (Phi) is 2.86. The maximum absolute atomic E-state index is 2.25. The minimum Gasteiger partial charge on any atom is -0.357 e. The van der Waals surface area contributed by atoms with E-state index >= 15 is 0 Å². The Balaban J connectivity index is 2.54. The van der Waals surface area contributed by atoms with Gasteiger partial charge in [-0.3, -0.25) is 0 Å². The van der Waals surface area contributed by atoms with E-state index < -0.39 is 0 Å². The van der Waals surface area contributed by atoms with E-state index in [1.54, 1.807) is 0 Å². The highest BCUT2D eigenvalue weighted by molar-refractivity contribution is 5.68. The van der Waals surface area contributed by atoms with Crippen molar-refractivity contribution in [2.24, 2.45) is 7.05 Å². The molecule has 0 bridgehead atoms. The van der Waals surface area contributed by atoms with E-state index in [0.717, 1.165) is 0 Å². The molecule has 0 atom stereocenters. The Morgan fingerprint density at radius 2 is 1.88 bits per heavy atom. The summed E-state index contributed by atoms with van der Waals surface area (Å²) in [7, 11) is 2.06. The number of hydrogen-bond donors (Lipinski definition) is 0. The molecule has 2 rings (SSSR count). The Morgan fingerprint density at radius 3 is 2.44 bits per heavy atom. The van der Waals surface area contributed by atoms with Crippen molar-refractivity contribution in [1.82, 2.24) is 4.57 Å². The zero-order valence-corrected chi connectivity index (χ0v) is 10.5. The van der Waals surface area contributed by atoms with Crippen LogP contribution in [0.4, 0.5) is 0 Å². The van der Waals surface area contributed by atoms with Crippen LogP contribution >= 0.6 is 0 Å². The van der Waals surface area contributed by atoms with E-state index in [1.165, 1.54) is 22.3 Å². The van der Waals surface area contributed by atoms with Crippen molar-refractivity contribution >= 4 is 0 Å². The van der Waals surface area contributed by atoms with Crippen molar-refractivity contribution in [1.29, 1.82) is 0 Å². The molecule has 16 heavy (non-hydrogen) atoms. The maximum Gasteiger partial charge on any atom is 0.0110 e. The highest BCUT2D eigenvalue weighted by Gasteiger charge is 2.08. The molecule has 1 nitrogen and oxygen atoms in total. The maximum atomic E-state index is 2.25. The van der Waals surface area contributed by atoms with Crippen molar-refractivity contribution in [3.05, 3.63) is 47.8 Å². The van der Waals surface area contributed by atoms with Gasteiger partial charge in [-0.15, -0.1) is 0 Å². The predicted octanol–water partition coefficient (Wildman–Crippen LogP) is 4.12. The van der Waals surface area contributed by atoms with Gasteiger partial charge in [-0.2, -0.15) is 0 Å².